The molecule has 0 spiro atoms. The minimum atomic E-state index is -0.103. The molecule has 0 aliphatic heterocycles. The van der Waals surface area contributed by atoms with E-state index in [-0.39, 0.29) is 11.2 Å². The maximum Gasteiger partial charge on any atom is 0.126 e. The van der Waals surface area contributed by atoms with Crippen LogP contribution >= 0.6 is 0 Å². The number of hydrogen-bond donors (Lipinski definition) is 0. The van der Waals surface area contributed by atoms with Crippen molar-refractivity contribution in [1.29, 1.82) is 5.26 Å². The molecule has 0 heterocycles. The molecule has 2 fully saturated rings. The molecule has 0 N–H and O–H groups in total. The molecule has 2 aliphatic rings. The lowest BCUT2D eigenvalue weighted by Gasteiger charge is -2.12. The lowest BCUT2D eigenvalue weighted by Crippen LogP contribution is -2.06. The molecule has 1 aromatic rings. The van der Waals surface area contributed by atoms with Crippen LogP contribution in [-0.2, 0) is 6.42 Å². The fourth-order valence-electron chi connectivity index (χ4n) is 3.25. The molecule has 3 rings (SSSR count). The van der Waals surface area contributed by atoms with E-state index in [1.54, 1.807) is 6.07 Å². The van der Waals surface area contributed by atoms with Gasteiger partial charge >= 0.3 is 0 Å². The molecular formula is C14H14FN. The molecule has 2 saturated carbocycles. The van der Waals surface area contributed by atoms with Gasteiger partial charge in [-0.15, -0.1) is 0 Å². The number of fused-ring (bicyclic) bond motifs is 1. The molecular weight excluding hydrogens is 201 g/mol. The van der Waals surface area contributed by atoms with Crippen molar-refractivity contribution in [2.75, 3.05) is 0 Å². The third-order valence-electron chi connectivity index (χ3n) is 4.19. The molecule has 2 aliphatic carbocycles. The van der Waals surface area contributed by atoms with Gasteiger partial charge in [0, 0.05) is 0 Å². The Bertz CT molecular complexity index is 462. The second-order valence-corrected chi connectivity index (χ2v) is 5.27. The molecule has 0 saturated heterocycles. The van der Waals surface area contributed by atoms with Crippen LogP contribution in [0.15, 0.2) is 24.3 Å². The molecule has 1 aromatic carbocycles. The molecule has 0 amide bonds. The van der Waals surface area contributed by atoms with Crippen LogP contribution in [0.1, 0.15) is 24.8 Å². The highest BCUT2D eigenvalue weighted by atomic mass is 19.1. The Morgan fingerprint density at radius 3 is 2.88 bits per heavy atom. The van der Waals surface area contributed by atoms with E-state index in [1.807, 2.05) is 12.1 Å². The Morgan fingerprint density at radius 2 is 2.19 bits per heavy atom. The van der Waals surface area contributed by atoms with Crippen LogP contribution in [0.4, 0.5) is 4.39 Å². The zero-order chi connectivity index (χ0) is 11.2. The monoisotopic (exact) mass is 215 g/mol. The molecule has 3 atom stereocenters. The number of rotatable bonds is 2. The van der Waals surface area contributed by atoms with Crippen molar-refractivity contribution in [3.63, 3.8) is 0 Å². The summed E-state index contributed by atoms with van der Waals surface area (Å²) in [5.74, 6) is 1.01. The van der Waals surface area contributed by atoms with Crippen LogP contribution in [0.2, 0.25) is 0 Å². The van der Waals surface area contributed by atoms with Crippen molar-refractivity contribution in [1.82, 2.24) is 0 Å². The standard InChI is InChI=1S/C14H14FN/c15-13-4-2-1-3-11(13)5-10-6-12-8-14(12,7-10)9-16/h1-4,10,12H,5-8H2. The van der Waals surface area contributed by atoms with Gasteiger partial charge in [-0.05, 0) is 49.1 Å². The summed E-state index contributed by atoms with van der Waals surface area (Å²) in [5, 5.41) is 9.08. The number of nitriles is 1. The summed E-state index contributed by atoms with van der Waals surface area (Å²) in [4.78, 5) is 0. The normalized spacial score (nSPS) is 35.5. The maximum absolute atomic E-state index is 13.5. The summed E-state index contributed by atoms with van der Waals surface area (Å²) in [6, 6.07) is 9.44. The van der Waals surface area contributed by atoms with E-state index in [4.69, 9.17) is 5.26 Å². The van der Waals surface area contributed by atoms with Crippen molar-refractivity contribution in [3.8, 4) is 6.07 Å². The van der Waals surface area contributed by atoms with E-state index in [1.165, 1.54) is 6.07 Å². The van der Waals surface area contributed by atoms with E-state index in [2.05, 4.69) is 6.07 Å². The van der Waals surface area contributed by atoms with Gasteiger partial charge in [-0.3, -0.25) is 0 Å². The number of benzene rings is 1. The van der Waals surface area contributed by atoms with Crippen molar-refractivity contribution in [2.24, 2.45) is 17.3 Å². The van der Waals surface area contributed by atoms with E-state index in [0.717, 1.165) is 31.2 Å². The van der Waals surface area contributed by atoms with E-state index in [0.29, 0.717) is 11.8 Å². The third-order valence-corrected chi connectivity index (χ3v) is 4.19. The van der Waals surface area contributed by atoms with Gasteiger partial charge in [-0.2, -0.15) is 5.26 Å². The van der Waals surface area contributed by atoms with Gasteiger partial charge in [-0.25, -0.2) is 4.39 Å². The summed E-state index contributed by atoms with van der Waals surface area (Å²) in [7, 11) is 0. The predicted molar refractivity (Wildman–Crippen MR) is 59.0 cm³/mol. The number of halogens is 1. The molecule has 0 aromatic heterocycles. The summed E-state index contributed by atoms with van der Waals surface area (Å²) >= 11 is 0. The second-order valence-electron chi connectivity index (χ2n) is 5.27. The topological polar surface area (TPSA) is 23.8 Å². The minimum absolute atomic E-state index is 0.0179. The first-order chi connectivity index (χ1) is 7.73. The zero-order valence-electron chi connectivity index (χ0n) is 9.12. The summed E-state index contributed by atoms with van der Waals surface area (Å²) in [5.41, 5.74) is 0.789. The Morgan fingerprint density at radius 1 is 1.38 bits per heavy atom. The number of nitrogens with zero attached hydrogens (tertiary/aromatic N) is 1. The molecule has 82 valence electrons. The minimum Gasteiger partial charge on any atom is -0.207 e. The second kappa shape index (κ2) is 3.31. The molecule has 16 heavy (non-hydrogen) atoms. The van der Waals surface area contributed by atoms with Crippen LogP contribution in [-0.4, -0.2) is 0 Å². The Kier molecular flexibility index (Phi) is 2.04. The Hall–Kier alpha value is -1.36. The largest absolute Gasteiger partial charge is 0.207 e. The quantitative estimate of drug-likeness (QED) is 0.742. The smallest absolute Gasteiger partial charge is 0.126 e. The van der Waals surface area contributed by atoms with Gasteiger partial charge in [0.15, 0.2) is 0 Å². The summed E-state index contributed by atoms with van der Waals surface area (Å²) in [6.45, 7) is 0. The SMILES string of the molecule is N#CC12CC(Cc3ccccc3F)CC1C2. The lowest BCUT2D eigenvalue weighted by molar-refractivity contribution is 0.453. The highest BCUT2D eigenvalue weighted by Gasteiger charge is 2.60. The molecule has 1 nitrogen and oxygen atoms in total. The Balaban J connectivity index is 1.70. The first-order valence-corrected chi connectivity index (χ1v) is 5.88. The van der Waals surface area contributed by atoms with Gasteiger partial charge in [0.25, 0.3) is 0 Å². The van der Waals surface area contributed by atoms with Crippen LogP contribution in [0.5, 0.6) is 0 Å². The van der Waals surface area contributed by atoms with Crippen molar-refractivity contribution >= 4 is 0 Å². The zero-order valence-corrected chi connectivity index (χ0v) is 9.12. The fourth-order valence-corrected chi connectivity index (χ4v) is 3.25. The fraction of sp³-hybridized carbons (Fsp3) is 0.500. The average Bonchev–Trinajstić information content (AvgIpc) is 2.86. The van der Waals surface area contributed by atoms with Crippen LogP contribution < -0.4 is 0 Å². The Labute approximate surface area is 94.9 Å². The van der Waals surface area contributed by atoms with E-state index >= 15 is 0 Å². The predicted octanol–water partition coefficient (Wildman–Crippen LogP) is 3.31. The first-order valence-electron chi connectivity index (χ1n) is 5.88. The van der Waals surface area contributed by atoms with Crippen molar-refractivity contribution in [3.05, 3.63) is 35.6 Å². The molecule has 2 heteroatoms. The van der Waals surface area contributed by atoms with E-state index < -0.39 is 0 Å². The lowest BCUT2D eigenvalue weighted by atomic mass is 9.92. The molecule has 3 unspecified atom stereocenters. The van der Waals surface area contributed by atoms with Crippen LogP contribution in [0.25, 0.3) is 0 Å². The van der Waals surface area contributed by atoms with Gasteiger partial charge in [0.2, 0.25) is 0 Å². The van der Waals surface area contributed by atoms with Gasteiger partial charge in [0.05, 0.1) is 11.5 Å². The summed E-state index contributed by atoms with van der Waals surface area (Å²) < 4.78 is 13.5. The van der Waals surface area contributed by atoms with Crippen molar-refractivity contribution in [2.45, 2.75) is 25.7 Å². The van der Waals surface area contributed by atoms with Gasteiger partial charge < -0.3 is 0 Å². The first kappa shape index (κ1) is 9.84. The molecule has 0 bridgehead atoms. The maximum atomic E-state index is 13.5. The number of hydrogen-bond acceptors (Lipinski definition) is 1. The van der Waals surface area contributed by atoms with Crippen molar-refractivity contribution < 1.29 is 4.39 Å². The van der Waals surface area contributed by atoms with Crippen LogP contribution in [0.3, 0.4) is 0 Å². The van der Waals surface area contributed by atoms with Gasteiger partial charge in [0.1, 0.15) is 5.82 Å². The highest BCUT2D eigenvalue weighted by Crippen LogP contribution is 2.65. The highest BCUT2D eigenvalue weighted by molar-refractivity contribution is 5.23. The molecule has 0 radical (unpaired) electrons. The van der Waals surface area contributed by atoms with E-state index in [9.17, 15) is 4.39 Å². The average molecular weight is 215 g/mol. The van der Waals surface area contributed by atoms with Crippen LogP contribution in [0, 0.1) is 34.4 Å². The summed E-state index contributed by atoms with van der Waals surface area (Å²) in [6.07, 6.45) is 3.97. The third kappa shape index (κ3) is 1.43. The van der Waals surface area contributed by atoms with Gasteiger partial charge in [-0.1, -0.05) is 18.2 Å².